The summed E-state index contributed by atoms with van der Waals surface area (Å²) in [5, 5.41) is 28.3. The van der Waals surface area contributed by atoms with Crippen molar-refractivity contribution in [1.82, 2.24) is 0 Å². The van der Waals surface area contributed by atoms with Crippen molar-refractivity contribution in [3.8, 4) is 0 Å². The van der Waals surface area contributed by atoms with Crippen LogP contribution in [0.3, 0.4) is 0 Å². The molecular weight excluding hydrogens is 400 g/mol. The van der Waals surface area contributed by atoms with Crippen molar-refractivity contribution in [2.24, 2.45) is 0 Å². The Balaban J connectivity index is 2.18. The molecule has 1 heterocycles. The Labute approximate surface area is 187 Å². The van der Waals surface area contributed by atoms with Crippen molar-refractivity contribution < 1.29 is 34.3 Å². The second kappa shape index (κ2) is 18.6. The van der Waals surface area contributed by atoms with Gasteiger partial charge in [-0.05, 0) is 32.1 Å². The first-order valence-corrected chi connectivity index (χ1v) is 12.1. The minimum Gasteiger partial charge on any atom is -0.466 e. The fraction of sp³-hybridized carbons (Fsp3) is 0.875. The summed E-state index contributed by atoms with van der Waals surface area (Å²) < 4.78 is 16.5. The Morgan fingerprint density at radius 2 is 1.68 bits per heavy atom. The van der Waals surface area contributed by atoms with E-state index in [1.165, 1.54) is 0 Å². The number of carbonyl (C=O) groups is 1. The van der Waals surface area contributed by atoms with Crippen LogP contribution in [0.1, 0.15) is 84.0 Å². The molecule has 0 saturated carbocycles. The number of epoxide rings is 1. The largest absolute Gasteiger partial charge is 0.466 e. The van der Waals surface area contributed by atoms with E-state index >= 15 is 0 Å². The molecule has 1 saturated heterocycles. The third kappa shape index (κ3) is 14.6. The van der Waals surface area contributed by atoms with Gasteiger partial charge in [-0.2, -0.15) is 0 Å². The van der Waals surface area contributed by atoms with Gasteiger partial charge in [-0.1, -0.05) is 44.8 Å². The quantitative estimate of drug-likeness (QED) is 0.108. The molecule has 0 aromatic carbocycles. The molecule has 1 aliphatic rings. The van der Waals surface area contributed by atoms with Crippen LogP contribution in [0.5, 0.6) is 0 Å². The van der Waals surface area contributed by atoms with Crippen LogP contribution >= 0.6 is 0 Å². The SMILES string of the molecule is CC/C=C/CC1OC1CC(O)C(CCCCCCCC(=O)OCCCO)OCCCO. The van der Waals surface area contributed by atoms with Crippen LogP contribution in [0.4, 0.5) is 0 Å². The fourth-order valence-corrected chi connectivity index (χ4v) is 3.53. The summed E-state index contributed by atoms with van der Waals surface area (Å²) in [6.07, 6.45) is 13.4. The maximum absolute atomic E-state index is 11.5. The normalized spacial score (nSPS) is 20.1. The van der Waals surface area contributed by atoms with Gasteiger partial charge < -0.3 is 29.5 Å². The minimum absolute atomic E-state index is 0.0389. The lowest BCUT2D eigenvalue weighted by Crippen LogP contribution is -2.31. The molecule has 1 fully saturated rings. The van der Waals surface area contributed by atoms with Crippen LogP contribution in [0.15, 0.2) is 12.2 Å². The number of ether oxygens (including phenoxy) is 3. The molecule has 1 rings (SSSR count). The summed E-state index contributed by atoms with van der Waals surface area (Å²) >= 11 is 0. The van der Waals surface area contributed by atoms with Gasteiger partial charge in [-0.25, -0.2) is 0 Å². The van der Waals surface area contributed by atoms with Crippen molar-refractivity contribution in [1.29, 1.82) is 0 Å². The summed E-state index contributed by atoms with van der Waals surface area (Å²) in [5.74, 6) is -0.195. The molecular formula is C24H44O7. The monoisotopic (exact) mass is 444 g/mol. The van der Waals surface area contributed by atoms with Crippen LogP contribution in [0.2, 0.25) is 0 Å². The standard InChI is InChI=1S/C24H44O7/c1-2-3-7-13-22-23(31-22)19-20(27)21(29-17-10-15-25)12-8-5-4-6-9-14-24(28)30-18-11-16-26/h3,7,20-23,25-27H,2,4-6,8-19H2,1H3/b7-3+. The lowest BCUT2D eigenvalue weighted by Gasteiger charge is -2.23. The number of aliphatic hydroxyl groups excluding tert-OH is 3. The lowest BCUT2D eigenvalue weighted by molar-refractivity contribution is -0.144. The number of aliphatic hydroxyl groups is 3. The molecule has 1 aliphatic heterocycles. The van der Waals surface area contributed by atoms with Gasteiger partial charge in [-0.15, -0.1) is 0 Å². The maximum Gasteiger partial charge on any atom is 0.305 e. The Bertz CT molecular complexity index is 469. The zero-order valence-corrected chi connectivity index (χ0v) is 19.3. The predicted molar refractivity (Wildman–Crippen MR) is 120 cm³/mol. The number of unbranched alkanes of at least 4 members (excludes halogenated alkanes) is 4. The van der Waals surface area contributed by atoms with Crippen molar-refractivity contribution in [2.75, 3.05) is 26.4 Å². The first kappa shape index (κ1) is 28.0. The number of allylic oxidation sites excluding steroid dienone is 1. The first-order chi connectivity index (χ1) is 15.1. The highest BCUT2D eigenvalue weighted by Crippen LogP contribution is 2.31. The van der Waals surface area contributed by atoms with E-state index in [-0.39, 0.29) is 44.1 Å². The third-order valence-corrected chi connectivity index (χ3v) is 5.43. The molecule has 4 atom stereocenters. The lowest BCUT2D eigenvalue weighted by atomic mass is 9.99. The molecule has 0 aromatic heterocycles. The second-order valence-corrected chi connectivity index (χ2v) is 8.22. The predicted octanol–water partition coefficient (Wildman–Crippen LogP) is 3.29. The van der Waals surface area contributed by atoms with Gasteiger partial charge in [-0.3, -0.25) is 4.79 Å². The topological polar surface area (TPSA) is 109 Å². The molecule has 31 heavy (non-hydrogen) atoms. The second-order valence-electron chi connectivity index (χ2n) is 8.22. The van der Waals surface area contributed by atoms with E-state index in [2.05, 4.69) is 19.1 Å². The van der Waals surface area contributed by atoms with Crippen LogP contribution < -0.4 is 0 Å². The molecule has 4 unspecified atom stereocenters. The summed E-state index contributed by atoms with van der Waals surface area (Å²) in [6.45, 7) is 2.97. The van der Waals surface area contributed by atoms with Crippen molar-refractivity contribution >= 4 is 5.97 Å². The molecule has 0 radical (unpaired) electrons. The average molecular weight is 445 g/mol. The van der Waals surface area contributed by atoms with E-state index in [4.69, 9.17) is 24.4 Å². The highest BCUT2D eigenvalue weighted by atomic mass is 16.6. The highest BCUT2D eigenvalue weighted by molar-refractivity contribution is 5.69. The first-order valence-electron chi connectivity index (χ1n) is 12.1. The summed E-state index contributed by atoms with van der Waals surface area (Å²) in [5.41, 5.74) is 0. The third-order valence-electron chi connectivity index (χ3n) is 5.43. The molecule has 0 aliphatic carbocycles. The van der Waals surface area contributed by atoms with E-state index in [0.717, 1.165) is 51.4 Å². The van der Waals surface area contributed by atoms with E-state index in [1.807, 2.05) is 0 Å². The number of esters is 1. The Morgan fingerprint density at radius 3 is 2.42 bits per heavy atom. The van der Waals surface area contributed by atoms with Crippen molar-refractivity contribution in [3.05, 3.63) is 12.2 Å². The molecule has 182 valence electrons. The van der Waals surface area contributed by atoms with Gasteiger partial charge in [0.25, 0.3) is 0 Å². The number of hydrogen-bond acceptors (Lipinski definition) is 7. The minimum atomic E-state index is -0.558. The molecule has 0 bridgehead atoms. The van der Waals surface area contributed by atoms with Crippen LogP contribution in [0.25, 0.3) is 0 Å². The van der Waals surface area contributed by atoms with Gasteiger partial charge >= 0.3 is 5.97 Å². The molecule has 0 spiro atoms. The van der Waals surface area contributed by atoms with E-state index < -0.39 is 6.10 Å². The Kier molecular flexibility index (Phi) is 16.8. The van der Waals surface area contributed by atoms with E-state index in [9.17, 15) is 9.90 Å². The van der Waals surface area contributed by atoms with Crippen LogP contribution in [-0.4, -0.2) is 72.1 Å². The molecule has 0 amide bonds. The fourth-order valence-electron chi connectivity index (χ4n) is 3.53. The van der Waals surface area contributed by atoms with Gasteiger partial charge in [0.1, 0.15) is 0 Å². The zero-order valence-electron chi connectivity index (χ0n) is 19.3. The van der Waals surface area contributed by atoms with Gasteiger partial charge in [0.2, 0.25) is 0 Å². The number of rotatable bonds is 21. The smallest absolute Gasteiger partial charge is 0.305 e. The molecule has 7 heteroatoms. The highest BCUT2D eigenvalue weighted by Gasteiger charge is 2.40. The zero-order chi connectivity index (χ0) is 22.7. The van der Waals surface area contributed by atoms with Crippen molar-refractivity contribution in [2.45, 2.75) is 108 Å². The Hall–Kier alpha value is -0.990. The van der Waals surface area contributed by atoms with Gasteiger partial charge in [0.05, 0.1) is 31.0 Å². The molecule has 7 nitrogen and oxygen atoms in total. The number of hydrogen-bond donors (Lipinski definition) is 3. The summed E-state index contributed by atoms with van der Waals surface area (Å²) in [4.78, 5) is 11.5. The maximum atomic E-state index is 11.5. The van der Waals surface area contributed by atoms with Gasteiger partial charge in [0, 0.05) is 39.1 Å². The molecule has 3 N–H and O–H groups in total. The molecule has 0 aromatic rings. The van der Waals surface area contributed by atoms with Gasteiger partial charge in [0.15, 0.2) is 0 Å². The Morgan fingerprint density at radius 1 is 0.968 bits per heavy atom. The summed E-state index contributed by atoms with van der Waals surface area (Å²) in [7, 11) is 0. The number of carbonyl (C=O) groups excluding carboxylic acids is 1. The van der Waals surface area contributed by atoms with Crippen LogP contribution in [0, 0.1) is 0 Å². The van der Waals surface area contributed by atoms with E-state index in [0.29, 0.717) is 32.3 Å². The summed E-state index contributed by atoms with van der Waals surface area (Å²) in [6, 6.07) is 0. The van der Waals surface area contributed by atoms with E-state index in [1.54, 1.807) is 0 Å². The van der Waals surface area contributed by atoms with Crippen LogP contribution in [-0.2, 0) is 19.0 Å². The van der Waals surface area contributed by atoms with Crippen molar-refractivity contribution in [3.63, 3.8) is 0 Å². The average Bonchev–Trinajstić information content (AvgIpc) is 3.49.